The number of aromatic hydroxyl groups is 1. The van der Waals surface area contributed by atoms with Gasteiger partial charge in [-0.3, -0.25) is 20.0 Å². The van der Waals surface area contributed by atoms with Gasteiger partial charge in [0.1, 0.15) is 17.4 Å². The quantitative estimate of drug-likeness (QED) is 0.159. The van der Waals surface area contributed by atoms with Gasteiger partial charge in [0, 0.05) is 37.9 Å². The Morgan fingerprint density at radius 1 is 1.09 bits per heavy atom. The number of aromatic nitrogens is 1. The molecule has 6 N–H and O–H groups in total. The van der Waals surface area contributed by atoms with Gasteiger partial charge in [0.25, 0.3) is 5.88 Å². The highest BCUT2D eigenvalue weighted by molar-refractivity contribution is 6.03. The van der Waals surface area contributed by atoms with E-state index in [-0.39, 0.29) is 29.3 Å². The fourth-order valence-electron chi connectivity index (χ4n) is 5.70. The third kappa shape index (κ3) is 6.34. The molecule has 1 aliphatic heterocycles. The summed E-state index contributed by atoms with van der Waals surface area (Å²) in [5.41, 5.74) is 6.62. The molecule has 15 heteroatoms. The molecular formula is C31H32F2N6O7. The zero-order valence-electron chi connectivity index (χ0n) is 24.9. The molecule has 3 atom stereocenters. The van der Waals surface area contributed by atoms with Crippen LogP contribution in [0.5, 0.6) is 28.9 Å². The number of anilines is 1. The number of pyridine rings is 1. The van der Waals surface area contributed by atoms with Gasteiger partial charge >= 0.3 is 11.9 Å². The summed E-state index contributed by atoms with van der Waals surface area (Å²) in [6.45, 7) is 1.04. The van der Waals surface area contributed by atoms with Crippen LogP contribution in [0, 0.1) is 28.9 Å². The van der Waals surface area contributed by atoms with Crippen LogP contribution in [0.2, 0.25) is 0 Å². The Kier molecular flexibility index (Phi) is 8.94. The second kappa shape index (κ2) is 12.9. The first-order valence-corrected chi connectivity index (χ1v) is 14.3. The lowest BCUT2D eigenvalue weighted by Crippen LogP contribution is -2.46. The summed E-state index contributed by atoms with van der Waals surface area (Å²) in [4.78, 5) is 35.5. The Balaban J connectivity index is 1.49. The minimum atomic E-state index is -1.30. The maximum Gasteiger partial charge on any atom is 0.308 e. The first kappa shape index (κ1) is 31.9. The van der Waals surface area contributed by atoms with Gasteiger partial charge in [-0.2, -0.15) is 4.39 Å². The van der Waals surface area contributed by atoms with E-state index in [1.54, 1.807) is 31.1 Å². The number of hydrogen-bond donors (Lipinski definition) is 5. The number of hydrogen-bond acceptors (Lipinski definition) is 10. The van der Waals surface area contributed by atoms with Crippen LogP contribution in [0.3, 0.4) is 0 Å². The Morgan fingerprint density at radius 2 is 1.85 bits per heavy atom. The monoisotopic (exact) mass is 638 g/mol. The number of nitrogens with zero attached hydrogens (tertiary/aromatic N) is 4. The predicted molar refractivity (Wildman–Crippen MR) is 162 cm³/mol. The van der Waals surface area contributed by atoms with Gasteiger partial charge in [-0.15, -0.1) is 0 Å². The molecular weight excluding hydrogens is 606 g/mol. The lowest BCUT2D eigenvalue weighted by atomic mass is 9.77. The molecule has 0 radical (unpaired) electrons. The van der Waals surface area contributed by atoms with E-state index < -0.39 is 58.8 Å². The number of likely N-dealkylation sites (N-methyl/N-ethyl adjacent to an activating group) is 1. The molecule has 0 bridgehead atoms. The summed E-state index contributed by atoms with van der Waals surface area (Å²) in [6.07, 6.45) is 1.34. The summed E-state index contributed by atoms with van der Waals surface area (Å²) >= 11 is 0. The summed E-state index contributed by atoms with van der Waals surface area (Å²) in [6, 6.07) is 8.02. The molecule has 13 nitrogen and oxygen atoms in total. The van der Waals surface area contributed by atoms with Crippen LogP contribution < -0.4 is 20.1 Å². The van der Waals surface area contributed by atoms with E-state index in [1.807, 2.05) is 4.90 Å². The average Bonchev–Trinajstić information content (AvgIpc) is 3.46. The third-order valence-electron chi connectivity index (χ3n) is 8.24. The Bertz CT molecular complexity index is 1740. The smallest absolute Gasteiger partial charge is 0.308 e. The van der Waals surface area contributed by atoms with Gasteiger partial charge in [-0.1, -0.05) is 0 Å². The molecule has 0 saturated heterocycles. The van der Waals surface area contributed by atoms with Crippen molar-refractivity contribution in [1.29, 1.82) is 5.41 Å². The molecule has 5 rings (SSSR count). The molecule has 3 aromatic rings. The van der Waals surface area contributed by atoms with E-state index in [0.29, 0.717) is 49.2 Å². The molecule has 3 unspecified atom stereocenters. The third-order valence-corrected chi connectivity index (χ3v) is 8.24. The maximum atomic E-state index is 15.7. The van der Waals surface area contributed by atoms with Crippen LogP contribution in [0.15, 0.2) is 47.6 Å². The van der Waals surface area contributed by atoms with Gasteiger partial charge in [0.05, 0.1) is 30.1 Å². The fraction of sp³-hybridized carbons (Fsp3) is 0.323. The van der Waals surface area contributed by atoms with E-state index in [2.05, 4.69) is 9.98 Å². The number of phenols is 1. The highest BCUT2D eigenvalue weighted by Crippen LogP contribution is 2.40. The summed E-state index contributed by atoms with van der Waals surface area (Å²) in [5.74, 6) is -8.28. The molecule has 242 valence electrons. The van der Waals surface area contributed by atoms with Gasteiger partial charge in [-0.25, -0.2) is 9.37 Å². The fourth-order valence-corrected chi connectivity index (χ4v) is 5.70. The van der Waals surface area contributed by atoms with Crippen molar-refractivity contribution in [1.82, 2.24) is 9.88 Å². The Labute approximate surface area is 262 Å². The number of carboxylic acid groups (broad SMARTS) is 2. The minimum absolute atomic E-state index is 0.00894. The average molecular weight is 639 g/mol. The first-order chi connectivity index (χ1) is 21.8. The number of aliphatic carboxylic acids is 2. The van der Waals surface area contributed by atoms with Crippen molar-refractivity contribution >= 4 is 29.3 Å². The van der Waals surface area contributed by atoms with Crippen LogP contribution in [-0.4, -0.2) is 82.0 Å². The van der Waals surface area contributed by atoms with E-state index >= 15 is 8.78 Å². The zero-order chi connectivity index (χ0) is 33.3. The number of ether oxygens (including phenoxy) is 2. The van der Waals surface area contributed by atoms with Crippen LogP contribution in [0.1, 0.15) is 30.4 Å². The van der Waals surface area contributed by atoms with E-state index in [0.717, 1.165) is 0 Å². The molecule has 1 fully saturated rings. The number of amidine groups is 2. The second-order valence-electron chi connectivity index (χ2n) is 11.1. The van der Waals surface area contributed by atoms with Gasteiger partial charge in [-0.05, 0) is 55.7 Å². The molecule has 0 amide bonds. The van der Waals surface area contributed by atoms with Gasteiger partial charge < -0.3 is 40.3 Å². The Morgan fingerprint density at radius 3 is 2.50 bits per heavy atom. The van der Waals surface area contributed by atoms with E-state index in [1.165, 1.54) is 24.3 Å². The van der Waals surface area contributed by atoms with Crippen molar-refractivity contribution in [2.75, 3.05) is 32.1 Å². The van der Waals surface area contributed by atoms with Gasteiger partial charge in [0.2, 0.25) is 11.6 Å². The molecule has 0 spiro atoms. The first-order valence-electron chi connectivity index (χ1n) is 14.3. The highest BCUT2D eigenvalue weighted by atomic mass is 19.1. The SMILES string of the molecule is CN1CCN=C1c1cc(N(C)C2CCC(C(=O)O)CC2C(=O)O)ccc1Oc1c(F)cnc(Oc2cc(C(=N)N)ccc2O)c1F. The molecule has 2 heterocycles. The predicted octanol–water partition coefficient (Wildman–Crippen LogP) is 4.02. The zero-order valence-corrected chi connectivity index (χ0v) is 24.9. The summed E-state index contributed by atoms with van der Waals surface area (Å²) in [5, 5.41) is 37.1. The number of rotatable bonds is 10. The van der Waals surface area contributed by atoms with Crippen molar-refractivity contribution in [3.8, 4) is 28.9 Å². The van der Waals surface area contributed by atoms with Crippen LogP contribution in [0.4, 0.5) is 14.5 Å². The minimum Gasteiger partial charge on any atom is -0.504 e. The molecule has 1 aliphatic carbocycles. The number of benzene rings is 2. The van der Waals surface area contributed by atoms with Crippen molar-refractivity contribution in [3.63, 3.8) is 0 Å². The normalized spacial score (nSPS) is 19.3. The number of carbonyl (C=O) groups is 2. The number of aliphatic imine (C=N–C) groups is 1. The number of phenolic OH excluding ortho intramolecular Hbond substituents is 1. The lowest BCUT2D eigenvalue weighted by molar-refractivity contribution is -0.148. The van der Waals surface area contributed by atoms with Gasteiger partial charge in [0.15, 0.2) is 17.3 Å². The molecule has 1 saturated carbocycles. The number of nitrogens with two attached hydrogens (primary N) is 1. The van der Waals surface area contributed by atoms with Crippen molar-refractivity contribution in [2.45, 2.75) is 25.3 Å². The van der Waals surface area contributed by atoms with E-state index in [9.17, 15) is 24.9 Å². The number of nitrogen functional groups attached to an aromatic ring is 1. The van der Waals surface area contributed by atoms with Crippen LogP contribution in [-0.2, 0) is 9.59 Å². The topological polar surface area (TPSA) is 195 Å². The highest BCUT2D eigenvalue weighted by Gasteiger charge is 2.40. The van der Waals surface area contributed by atoms with Crippen molar-refractivity contribution in [3.05, 3.63) is 65.4 Å². The lowest BCUT2D eigenvalue weighted by Gasteiger charge is -2.39. The molecule has 46 heavy (non-hydrogen) atoms. The molecule has 2 aliphatic rings. The Hall–Kier alpha value is -5.47. The number of halogens is 2. The van der Waals surface area contributed by atoms with Crippen molar-refractivity contribution in [2.24, 2.45) is 22.6 Å². The molecule has 1 aromatic heterocycles. The van der Waals surface area contributed by atoms with E-state index in [4.69, 9.17) is 20.6 Å². The van der Waals surface area contributed by atoms with Crippen molar-refractivity contribution < 1.29 is 43.2 Å². The van der Waals surface area contributed by atoms with Crippen LogP contribution in [0.25, 0.3) is 0 Å². The van der Waals surface area contributed by atoms with Crippen LogP contribution >= 0.6 is 0 Å². The maximum absolute atomic E-state index is 15.7. The number of carboxylic acids is 2. The largest absolute Gasteiger partial charge is 0.504 e. The number of nitrogens with one attached hydrogen (secondary N) is 1. The standard InChI is InChI=1S/C31H32F2N6O7/c1-38-10-9-36-28(38)19-13-17(39(2)21-6-3-16(30(41)42)11-18(21)31(43)44)5-8-23(19)45-26-20(32)14-37-29(25(26)33)46-24-12-15(27(34)35)4-7-22(24)40/h4-5,7-8,12-14,16,18,21,40H,3,6,9-11H2,1-2H3,(H3,34,35)(H,41,42)(H,43,44). The second-order valence-corrected chi connectivity index (χ2v) is 11.1. The summed E-state index contributed by atoms with van der Waals surface area (Å²) in [7, 11) is 3.50. The molecule has 2 aromatic carbocycles. The summed E-state index contributed by atoms with van der Waals surface area (Å²) < 4.78 is 41.9.